The fraction of sp³-hybridized carbons (Fsp3) is 0.667. The van der Waals surface area contributed by atoms with Crippen LogP contribution in [0.4, 0.5) is 0 Å². The van der Waals surface area contributed by atoms with Crippen LogP contribution >= 0.6 is 0 Å². The normalized spacial score (nSPS) is 18.7. The van der Waals surface area contributed by atoms with Crippen LogP contribution in [0.1, 0.15) is 61.9 Å². The van der Waals surface area contributed by atoms with Crippen LogP contribution in [0.2, 0.25) is 0 Å². The molecule has 0 aliphatic heterocycles. The minimum Gasteiger partial charge on any atom is -0.310 e. The Bertz CT molecular complexity index is 455. The van der Waals surface area contributed by atoms with Crippen molar-refractivity contribution in [3.63, 3.8) is 0 Å². The molecule has 1 atom stereocenters. The van der Waals surface area contributed by atoms with Gasteiger partial charge in [0.25, 0.3) is 0 Å². The summed E-state index contributed by atoms with van der Waals surface area (Å²) >= 11 is 0. The van der Waals surface area contributed by atoms with E-state index in [0.29, 0.717) is 11.5 Å². The molecule has 1 unspecified atom stereocenters. The maximum absolute atomic E-state index is 3.77. The Hall–Kier alpha value is -0.820. The second kappa shape index (κ2) is 5.28. The smallest absolute Gasteiger partial charge is 0.0294 e. The van der Waals surface area contributed by atoms with E-state index in [-0.39, 0.29) is 0 Å². The van der Waals surface area contributed by atoms with Crippen LogP contribution in [-0.4, -0.2) is 6.54 Å². The Morgan fingerprint density at radius 2 is 1.58 bits per heavy atom. The molecule has 0 aromatic heterocycles. The molecule has 1 nitrogen and oxygen atoms in total. The molecule has 106 valence electrons. The lowest BCUT2D eigenvalue weighted by molar-refractivity contribution is 0.325. The highest BCUT2D eigenvalue weighted by Gasteiger charge is 2.44. The van der Waals surface area contributed by atoms with Gasteiger partial charge < -0.3 is 5.32 Å². The fourth-order valence-electron chi connectivity index (χ4n) is 3.03. The summed E-state index contributed by atoms with van der Waals surface area (Å²) in [5.74, 6) is 0.799. The zero-order valence-corrected chi connectivity index (χ0v) is 13.4. The maximum Gasteiger partial charge on any atom is 0.0294 e. The second-order valence-electron chi connectivity index (χ2n) is 6.91. The van der Waals surface area contributed by atoms with E-state index >= 15 is 0 Å². The average Bonchev–Trinajstić information content (AvgIpc) is 3.12. The first-order chi connectivity index (χ1) is 8.85. The number of hydrogen-bond donors (Lipinski definition) is 1. The monoisotopic (exact) mass is 259 g/mol. The van der Waals surface area contributed by atoms with Gasteiger partial charge in [-0.25, -0.2) is 0 Å². The highest BCUT2D eigenvalue weighted by atomic mass is 14.9. The first-order valence-corrected chi connectivity index (χ1v) is 7.67. The van der Waals surface area contributed by atoms with Crippen LogP contribution in [0.25, 0.3) is 0 Å². The van der Waals surface area contributed by atoms with E-state index in [9.17, 15) is 0 Å². The Morgan fingerprint density at radius 3 is 2.11 bits per heavy atom. The lowest BCUT2D eigenvalue weighted by Gasteiger charge is -2.24. The van der Waals surface area contributed by atoms with Gasteiger partial charge in [0.1, 0.15) is 0 Å². The molecule has 0 spiro atoms. The molecule has 1 saturated carbocycles. The van der Waals surface area contributed by atoms with Crippen molar-refractivity contribution in [2.75, 3.05) is 6.54 Å². The predicted molar refractivity (Wildman–Crippen MR) is 83.6 cm³/mol. The van der Waals surface area contributed by atoms with E-state index in [4.69, 9.17) is 0 Å². The molecule has 1 heteroatoms. The van der Waals surface area contributed by atoms with Crippen molar-refractivity contribution in [2.24, 2.45) is 11.3 Å². The van der Waals surface area contributed by atoms with E-state index < -0.39 is 0 Å². The van der Waals surface area contributed by atoms with E-state index in [0.717, 1.165) is 12.5 Å². The third-order valence-electron chi connectivity index (χ3n) is 5.23. The van der Waals surface area contributed by atoms with Crippen LogP contribution < -0.4 is 5.32 Å². The van der Waals surface area contributed by atoms with Gasteiger partial charge in [-0.2, -0.15) is 0 Å². The number of aryl methyl sites for hydroxylation is 3. The van der Waals surface area contributed by atoms with Gasteiger partial charge in [-0.05, 0) is 74.1 Å². The number of benzene rings is 1. The lowest BCUT2D eigenvalue weighted by Crippen LogP contribution is -2.30. The Labute approximate surface area is 118 Å². The summed E-state index contributed by atoms with van der Waals surface area (Å²) in [6.07, 6.45) is 2.80. The summed E-state index contributed by atoms with van der Waals surface area (Å²) in [7, 11) is 0. The molecule has 19 heavy (non-hydrogen) atoms. The van der Waals surface area contributed by atoms with Crippen molar-refractivity contribution in [3.05, 3.63) is 34.4 Å². The van der Waals surface area contributed by atoms with Gasteiger partial charge in [0, 0.05) is 12.6 Å². The van der Waals surface area contributed by atoms with E-state index in [1.807, 2.05) is 0 Å². The van der Waals surface area contributed by atoms with Crippen LogP contribution in [0.5, 0.6) is 0 Å². The number of nitrogens with one attached hydrogen (secondary N) is 1. The molecule has 0 heterocycles. The molecule has 0 amide bonds. The Morgan fingerprint density at radius 1 is 1.00 bits per heavy atom. The van der Waals surface area contributed by atoms with E-state index in [1.165, 1.54) is 35.1 Å². The summed E-state index contributed by atoms with van der Waals surface area (Å²) in [4.78, 5) is 0. The third-order valence-corrected chi connectivity index (χ3v) is 5.23. The molecule has 0 saturated heterocycles. The van der Waals surface area contributed by atoms with E-state index in [2.05, 4.69) is 59.0 Å². The Kier molecular flexibility index (Phi) is 4.06. The molecular weight excluding hydrogens is 230 g/mol. The average molecular weight is 259 g/mol. The molecule has 0 radical (unpaired) electrons. The summed E-state index contributed by atoms with van der Waals surface area (Å²) < 4.78 is 0. The van der Waals surface area contributed by atoms with Gasteiger partial charge in [0.15, 0.2) is 0 Å². The molecule has 1 N–H and O–H groups in total. The topological polar surface area (TPSA) is 12.0 Å². The van der Waals surface area contributed by atoms with Crippen molar-refractivity contribution in [2.45, 2.75) is 60.4 Å². The van der Waals surface area contributed by atoms with Crippen molar-refractivity contribution < 1.29 is 0 Å². The number of rotatable bonds is 5. The summed E-state index contributed by atoms with van der Waals surface area (Å²) in [6, 6.07) is 5.13. The second-order valence-corrected chi connectivity index (χ2v) is 6.91. The van der Waals surface area contributed by atoms with Gasteiger partial charge in [-0.15, -0.1) is 0 Å². The summed E-state index contributed by atoms with van der Waals surface area (Å²) in [5.41, 5.74) is 6.26. The van der Waals surface area contributed by atoms with Gasteiger partial charge >= 0.3 is 0 Å². The van der Waals surface area contributed by atoms with Crippen LogP contribution in [0.3, 0.4) is 0 Å². The molecular formula is C18H29N. The molecule has 1 aliphatic carbocycles. The van der Waals surface area contributed by atoms with Gasteiger partial charge in [-0.1, -0.05) is 26.0 Å². The quantitative estimate of drug-likeness (QED) is 0.808. The zero-order valence-electron chi connectivity index (χ0n) is 13.4. The standard InChI is InChI=1S/C18H29N/c1-12(2)18(7-8-18)11-19-16(6)17-10-14(4)13(3)9-15(17)5/h9-10,12,16,19H,7-8,11H2,1-6H3. The summed E-state index contributed by atoms with van der Waals surface area (Å²) in [6.45, 7) is 14.8. The molecule has 1 aromatic carbocycles. The van der Waals surface area contributed by atoms with Crippen molar-refractivity contribution >= 4 is 0 Å². The van der Waals surface area contributed by atoms with Gasteiger partial charge in [-0.3, -0.25) is 0 Å². The highest BCUT2D eigenvalue weighted by Crippen LogP contribution is 2.51. The van der Waals surface area contributed by atoms with Crippen LogP contribution in [-0.2, 0) is 0 Å². The number of hydrogen-bond acceptors (Lipinski definition) is 1. The first-order valence-electron chi connectivity index (χ1n) is 7.67. The summed E-state index contributed by atoms with van der Waals surface area (Å²) in [5, 5.41) is 3.77. The fourth-order valence-corrected chi connectivity index (χ4v) is 3.03. The van der Waals surface area contributed by atoms with Crippen molar-refractivity contribution in [1.82, 2.24) is 5.32 Å². The minimum atomic E-state index is 0.454. The first kappa shape index (κ1) is 14.6. The van der Waals surface area contributed by atoms with Crippen LogP contribution in [0.15, 0.2) is 12.1 Å². The van der Waals surface area contributed by atoms with Gasteiger partial charge in [0.2, 0.25) is 0 Å². The zero-order chi connectivity index (χ0) is 14.2. The SMILES string of the molecule is Cc1cc(C)c(C(C)NCC2(C(C)C)CC2)cc1C. The Balaban J connectivity index is 2.04. The maximum atomic E-state index is 3.77. The third kappa shape index (κ3) is 3.02. The largest absolute Gasteiger partial charge is 0.310 e. The minimum absolute atomic E-state index is 0.454. The molecule has 0 bridgehead atoms. The van der Waals surface area contributed by atoms with Gasteiger partial charge in [0.05, 0.1) is 0 Å². The molecule has 1 aliphatic rings. The predicted octanol–water partition coefficient (Wildman–Crippen LogP) is 4.70. The lowest BCUT2D eigenvalue weighted by atomic mass is 9.91. The highest BCUT2D eigenvalue weighted by molar-refractivity contribution is 5.38. The van der Waals surface area contributed by atoms with Crippen molar-refractivity contribution in [1.29, 1.82) is 0 Å². The van der Waals surface area contributed by atoms with Crippen LogP contribution in [0, 0.1) is 32.1 Å². The van der Waals surface area contributed by atoms with Crippen molar-refractivity contribution in [3.8, 4) is 0 Å². The van der Waals surface area contributed by atoms with E-state index in [1.54, 1.807) is 0 Å². The molecule has 2 rings (SSSR count). The molecule has 1 fully saturated rings. The molecule has 1 aromatic rings.